The Kier molecular flexibility index (Phi) is 9.89. The second-order valence-corrected chi connectivity index (χ2v) is 15.0. The Bertz CT molecular complexity index is 2600. The van der Waals surface area contributed by atoms with E-state index in [9.17, 15) is 0 Å². The number of rotatable bonds is 8. The van der Waals surface area contributed by atoms with Crippen LogP contribution in [0.25, 0.3) is 33.0 Å². The third kappa shape index (κ3) is 7.34. The number of hydrogen-bond acceptors (Lipinski definition) is 6. The van der Waals surface area contributed by atoms with E-state index in [1.807, 2.05) is 12.1 Å². The molecular formula is C52H44N6. The van der Waals surface area contributed by atoms with Gasteiger partial charge >= 0.3 is 0 Å². The fourth-order valence-electron chi connectivity index (χ4n) is 8.30. The molecule has 0 aliphatic carbocycles. The molecule has 0 radical (unpaired) electrons. The van der Waals surface area contributed by atoms with E-state index in [1.54, 1.807) is 0 Å². The first-order chi connectivity index (χ1) is 28.7. The molecule has 0 bridgehead atoms. The number of nitrogens with one attached hydrogen (secondary N) is 5. The molecule has 4 atom stereocenters. The molecule has 0 saturated carbocycles. The summed E-state index contributed by atoms with van der Waals surface area (Å²) in [6, 6.07) is 73.2. The van der Waals surface area contributed by atoms with Crippen molar-refractivity contribution in [2.24, 2.45) is 4.99 Å². The van der Waals surface area contributed by atoms with Gasteiger partial charge in [0.1, 0.15) is 18.2 Å². The lowest BCUT2D eigenvalue weighted by Crippen LogP contribution is -2.54. The lowest BCUT2D eigenvalue weighted by molar-refractivity contribution is 0.203. The summed E-state index contributed by atoms with van der Waals surface area (Å²) in [4.78, 5) is 5.15. The van der Waals surface area contributed by atoms with Gasteiger partial charge in [-0.3, -0.25) is 21.3 Å². The van der Waals surface area contributed by atoms with Crippen molar-refractivity contribution < 1.29 is 0 Å². The normalized spacial score (nSPS) is 20.6. The molecule has 282 valence electrons. The first kappa shape index (κ1) is 35.7. The van der Waals surface area contributed by atoms with Crippen molar-refractivity contribution >= 4 is 16.6 Å². The highest BCUT2D eigenvalue weighted by molar-refractivity contribution is 6.05. The predicted octanol–water partition coefficient (Wildman–Crippen LogP) is 10.7. The van der Waals surface area contributed by atoms with Gasteiger partial charge in [-0.15, -0.1) is 0 Å². The van der Waals surface area contributed by atoms with Crippen LogP contribution in [0.15, 0.2) is 211 Å². The Morgan fingerprint density at radius 1 is 0.293 bits per heavy atom. The summed E-state index contributed by atoms with van der Waals surface area (Å²) in [5, 5.41) is 21.2. The van der Waals surface area contributed by atoms with E-state index in [1.165, 1.54) is 55.3 Å². The monoisotopic (exact) mass is 752 g/mol. The largest absolute Gasteiger partial charge is 0.350 e. The first-order valence-corrected chi connectivity index (χ1v) is 20.0. The van der Waals surface area contributed by atoms with Crippen LogP contribution in [-0.2, 0) is 0 Å². The average molecular weight is 753 g/mol. The molecule has 8 aromatic rings. The van der Waals surface area contributed by atoms with Gasteiger partial charge in [-0.25, -0.2) is 4.99 Å². The van der Waals surface area contributed by atoms with E-state index in [4.69, 9.17) is 4.99 Å². The average Bonchev–Trinajstić information content (AvgIpc) is 3.32. The summed E-state index contributed by atoms with van der Waals surface area (Å²) in [7, 11) is 0. The van der Waals surface area contributed by atoms with Gasteiger partial charge in [0, 0.05) is 5.56 Å². The smallest absolute Gasteiger partial charge is 0.131 e. The SMILES string of the molecule is c1ccc(C2=NC(c3ccc(-c4ccc(-c5ccc(C6NC(c7ccccc7)NC(c7ccccc7)N6)cc5)c5ccccc45)cc3)NC(c3ccccc3)N2)cc1. The van der Waals surface area contributed by atoms with Crippen LogP contribution in [-0.4, -0.2) is 5.84 Å². The van der Waals surface area contributed by atoms with E-state index < -0.39 is 0 Å². The molecule has 0 amide bonds. The minimum atomic E-state index is -0.207. The maximum atomic E-state index is 5.15. The fraction of sp³-hybridized carbons (Fsp3) is 0.0962. The van der Waals surface area contributed by atoms with Crippen molar-refractivity contribution in [3.63, 3.8) is 0 Å². The highest BCUT2D eigenvalue weighted by Crippen LogP contribution is 2.37. The molecule has 1 saturated heterocycles. The van der Waals surface area contributed by atoms with E-state index >= 15 is 0 Å². The molecule has 0 spiro atoms. The molecule has 2 aliphatic rings. The van der Waals surface area contributed by atoms with Gasteiger partial charge in [0.2, 0.25) is 0 Å². The first-order valence-electron chi connectivity index (χ1n) is 20.0. The number of nitrogens with zero attached hydrogens (tertiary/aromatic N) is 1. The Morgan fingerprint density at radius 2 is 0.672 bits per heavy atom. The van der Waals surface area contributed by atoms with Crippen LogP contribution in [0.2, 0.25) is 0 Å². The predicted molar refractivity (Wildman–Crippen MR) is 237 cm³/mol. The lowest BCUT2D eigenvalue weighted by atomic mass is 9.91. The van der Waals surface area contributed by atoms with E-state index in [0.717, 1.165) is 17.0 Å². The number of fused-ring (bicyclic) bond motifs is 1. The van der Waals surface area contributed by atoms with Crippen molar-refractivity contribution in [1.82, 2.24) is 26.6 Å². The molecule has 2 heterocycles. The molecule has 4 unspecified atom stereocenters. The van der Waals surface area contributed by atoms with Crippen LogP contribution in [0.1, 0.15) is 64.2 Å². The Balaban J connectivity index is 0.924. The van der Waals surface area contributed by atoms with E-state index in [2.05, 4.69) is 221 Å². The summed E-state index contributed by atoms with van der Waals surface area (Å²) < 4.78 is 0. The van der Waals surface area contributed by atoms with Crippen molar-refractivity contribution in [3.05, 3.63) is 240 Å². The molecule has 2 aliphatic heterocycles. The third-order valence-electron chi connectivity index (χ3n) is 11.3. The second kappa shape index (κ2) is 16.1. The topological polar surface area (TPSA) is 72.5 Å². The summed E-state index contributed by atoms with van der Waals surface area (Å²) in [6.45, 7) is 0. The number of amidine groups is 1. The summed E-state index contributed by atoms with van der Waals surface area (Å²) >= 11 is 0. The quantitative estimate of drug-likeness (QED) is 0.107. The van der Waals surface area contributed by atoms with Gasteiger partial charge in [0.05, 0.1) is 18.5 Å². The second-order valence-electron chi connectivity index (χ2n) is 15.0. The van der Waals surface area contributed by atoms with Crippen molar-refractivity contribution in [1.29, 1.82) is 0 Å². The molecule has 58 heavy (non-hydrogen) atoms. The van der Waals surface area contributed by atoms with E-state index in [-0.39, 0.29) is 30.8 Å². The number of benzene rings is 8. The highest BCUT2D eigenvalue weighted by atomic mass is 15.4. The molecule has 8 aromatic carbocycles. The zero-order valence-corrected chi connectivity index (χ0v) is 32.0. The van der Waals surface area contributed by atoms with Gasteiger partial charge < -0.3 is 5.32 Å². The molecule has 1 fully saturated rings. The van der Waals surface area contributed by atoms with Gasteiger partial charge in [-0.05, 0) is 60.8 Å². The fourth-order valence-corrected chi connectivity index (χ4v) is 8.30. The zero-order chi connectivity index (χ0) is 38.7. The van der Waals surface area contributed by atoms with Crippen LogP contribution in [0.3, 0.4) is 0 Å². The van der Waals surface area contributed by atoms with Crippen LogP contribution in [0.5, 0.6) is 0 Å². The molecule has 10 rings (SSSR count). The summed E-state index contributed by atoms with van der Waals surface area (Å²) in [5.41, 5.74) is 11.7. The number of hydrogen-bond donors (Lipinski definition) is 5. The highest BCUT2D eigenvalue weighted by Gasteiger charge is 2.30. The van der Waals surface area contributed by atoms with Gasteiger partial charge in [0.15, 0.2) is 0 Å². The standard InChI is InChI=1S/C52H44N6/c1-5-15-37(16-6-1)47-53-48(38-17-7-2-8-18-38)56-51(55-47)41-29-25-35(26-30-41)43-33-34-44(46-24-14-13-23-45(43)46)36-27-31-42(32-28-36)52-57-49(39-19-9-3-10-20-39)54-50(58-52)40-21-11-4-12-22-40/h1-34,47-49,51-53,55-57H,(H,54,58). The Morgan fingerprint density at radius 3 is 1.14 bits per heavy atom. The third-order valence-corrected chi connectivity index (χ3v) is 11.3. The van der Waals surface area contributed by atoms with E-state index in [0.29, 0.717) is 0 Å². The van der Waals surface area contributed by atoms with Crippen molar-refractivity contribution in [2.75, 3.05) is 0 Å². The maximum absolute atomic E-state index is 5.15. The molecule has 0 aromatic heterocycles. The van der Waals surface area contributed by atoms with Crippen LogP contribution < -0.4 is 26.6 Å². The van der Waals surface area contributed by atoms with Gasteiger partial charge in [-0.1, -0.05) is 206 Å². The Labute approximate surface area is 339 Å². The van der Waals surface area contributed by atoms with Crippen LogP contribution >= 0.6 is 0 Å². The lowest BCUT2D eigenvalue weighted by Gasteiger charge is -2.39. The van der Waals surface area contributed by atoms with Gasteiger partial charge in [0.25, 0.3) is 0 Å². The molecule has 6 heteroatoms. The van der Waals surface area contributed by atoms with Crippen molar-refractivity contribution in [2.45, 2.75) is 30.8 Å². The minimum Gasteiger partial charge on any atom is -0.350 e. The zero-order valence-electron chi connectivity index (χ0n) is 32.0. The summed E-state index contributed by atoms with van der Waals surface area (Å²) in [6.07, 6.45) is -0.350. The molecular weight excluding hydrogens is 709 g/mol. The summed E-state index contributed by atoms with van der Waals surface area (Å²) in [5.74, 6) is 0.882. The molecule has 6 nitrogen and oxygen atoms in total. The van der Waals surface area contributed by atoms with Crippen LogP contribution in [0, 0.1) is 0 Å². The van der Waals surface area contributed by atoms with Gasteiger partial charge in [-0.2, -0.15) is 0 Å². The number of aliphatic imine (C=N–C) groups is 1. The maximum Gasteiger partial charge on any atom is 0.131 e. The van der Waals surface area contributed by atoms with Crippen LogP contribution in [0.4, 0.5) is 0 Å². The molecule has 5 N–H and O–H groups in total. The Hall–Kier alpha value is -6.67. The van der Waals surface area contributed by atoms with Crippen molar-refractivity contribution in [3.8, 4) is 22.3 Å². The minimum absolute atomic E-state index is 0.00971.